The summed E-state index contributed by atoms with van der Waals surface area (Å²) in [5.41, 5.74) is 1.31. The van der Waals surface area contributed by atoms with Crippen LogP contribution in [0.15, 0.2) is 36.9 Å². The molecule has 1 aliphatic heterocycles. The smallest absolute Gasteiger partial charge is 0.259 e. The zero-order chi connectivity index (χ0) is 15.9. The molecule has 0 radical (unpaired) electrons. The number of hydrogen-bond donors (Lipinski definition) is 2. The van der Waals surface area contributed by atoms with Crippen molar-refractivity contribution < 1.29 is 4.79 Å². The molecule has 0 spiro atoms. The first-order chi connectivity index (χ1) is 10.4. The molecule has 1 saturated heterocycles. The Balaban J connectivity index is 2.05. The lowest BCUT2D eigenvalue weighted by atomic mass is 9.92. The third kappa shape index (κ3) is 2.21. The van der Waals surface area contributed by atoms with E-state index in [0.29, 0.717) is 10.6 Å². The van der Waals surface area contributed by atoms with Crippen molar-refractivity contribution in [3.63, 3.8) is 0 Å². The van der Waals surface area contributed by atoms with Gasteiger partial charge in [-0.15, -0.1) is 0 Å². The Morgan fingerprint density at radius 3 is 2.41 bits per heavy atom. The second-order valence-corrected chi connectivity index (χ2v) is 5.75. The number of carbonyl (C=O) groups excluding carboxylic acids is 1. The molecule has 2 N–H and O–H groups in total. The summed E-state index contributed by atoms with van der Waals surface area (Å²) in [7, 11) is 1.57. The van der Waals surface area contributed by atoms with Crippen LogP contribution in [-0.2, 0) is 10.3 Å². The molecule has 2 aromatic rings. The predicted octanol–water partition coefficient (Wildman–Crippen LogP) is 2.01. The average Bonchev–Trinajstić information content (AvgIpc) is 2.72. The van der Waals surface area contributed by atoms with Gasteiger partial charge in [0.05, 0.1) is 5.02 Å². The molecule has 1 unspecified atom stereocenters. The Morgan fingerprint density at radius 2 is 1.82 bits per heavy atom. The SMILES string of the molecule is CN1C(=N)NC(C)(c2cncc(-c3cncc(Cl)c3)c2)C1=O. The highest BCUT2D eigenvalue weighted by Gasteiger charge is 2.45. The number of nitrogens with zero attached hydrogens (tertiary/aromatic N) is 3. The molecule has 3 heterocycles. The molecule has 1 fully saturated rings. The van der Waals surface area contributed by atoms with Crippen LogP contribution in [0.5, 0.6) is 0 Å². The fourth-order valence-electron chi connectivity index (χ4n) is 2.45. The number of guanidine groups is 1. The quantitative estimate of drug-likeness (QED) is 0.888. The third-order valence-corrected chi connectivity index (χ3v) is 4.00. The number of aromatic nitrogens is 2. The van der Waals surface area contributed by atoms with E-state index >= 15 is 0 Å². The number of pyridine rings is 2. The number of rotatable bonds is 2. The number of nitrogens with one attached hydrogen (secondary N) is 2. The maximum Gasteiger partial charge on any atom is 0.259 e. The van der Waals surface area contributed by atoms with Gasteiger partial charge >= 0.3 is 0 Å². The maximum absolute atomic E-state index is 12.4. The van der Waals surface area contributed by atoms with E-state index in [1.165, 1.54) is 4.90 Å². The van der Waals surface area contributed by atoms with Gasteiger partial charge in [0.25, 0.3) is 5.91 Å². The first-order valence-corrected chi connectivity index (χ1v) is 7.01. The highest BCUT2D eigenvalue weighted by molar-refractivity contribution is 6.30. The Morgan fingerprint density at radius 1 is 1.18 bits per heavy atom. The predicted molar refractivity (Wildman–Crippen MR) is 83.5 cm³/mol. The van der Waals surface area contributed by atoms with E-state index < -0.39 is 5.54 Å². The minimum atomic E-state index is -0.999. The molecule has 2 aromatic heterocycles. The largest absolute Gasteiger partial charge is 0.338 e. The van der Waals surface area contributed by atoms with Crippen LogP contribution < -0.4 is 5.32 Å². The van der Waals surface area contributed by atoms with E-state index in [1.54, 1.807) is 44.8 Å². The van der Waals surface area contributed by atoms with Crippen molar-refractivity contribution in [2.24, 2.45) is 0 Å². The summed E-state index contributed by atoms with van der Waals surface area (Å²) < 4.78 is 0. The fraction of sp³-hybridized carbons (Fsp3) is 0.200. The molecule has 3 rings (SSSR count). The summed E-state index contributed by atoms with van der Waals surface area (Å²) >= 11 is 5.97. The van der Waals surface area contributed by atoms with Crippen LogP contribution in [0.4, 0.5) is 0 Å². The molecule has 7 heteroatoms. The van der Waals surface area contributed by atoms with Gasteiger partial charge in [0.15, 0.2) is 5.96 Å². The van der Waals surface area contributed by atoms with Crippen LogP contribution in [0.25, 0.3) is 11.1 Å². The van der Waals surface area contributed by atoms with Crippen molar-refractivity contribution in [2.45, 2.75) is 12.5 Å². The molecule has 1 aliphatic rings. The van der Waals surface area contributed by atoms with E-state index in [1.807, 2.05) is 6.07 Å². The molecule has 22 heavy (non-hydrogen) atoms. The maximum atomic E-state index is 12.4. The lowest BCUT2D eigenvalue weighted by molar-refractivity contribution is -0.129. The average molecular weight is 316 g/mol. The van der Waals surface area contributed by atoms with E-state index in [2.05, 4.69) is 15.3 Å². The molecule has 6 nitrogen and oxygen atoms in total. The van der Waals surface area contributed by atoms with Crippen molar-refractivity contribution in [1.29, 1.82) is 5.41 Å². The van der Waals surface area contributed by atoms with E-state index in [-0.39, 0.29) is 11.9 Å². The lowest BCUT2D eigenvalue weighted by Crippen LogP contribution is -2.40. The van der Waals surface area contributed by atoms with Crippen molar-refractivity contribution >= 4 is 23.5 Å². The van der Waals surface area contributed by atoms with Crippen LogP contribution >= 0.6 is 11.6 Å². The topological polar surface area (TPSA) is 82.0 Å². The van der Waals surface area contributed by atoms with Crippen LogP contribution in [0.2, 0.25) is 5.02 Å². The van der Waals surface area contributed by atoms with Gasteiger partial charge in [-0.1, -0.05) is 11.6 Å². The van der Waals surface area contributed by atoms with Gasteiger partial charge < -0.3 is 5.32 Å². The molecule has 0 aliphatic carbocycles. The molecule has 0 bridgehead atoms. The summed E-state index contributed by atoms with van der Waals surface area (Å²) in [5.74, 6) is -0.122. The lowest BCUT2D eigenvalue weighted by Gasteiger charge is -2.22. The number of halogens is 1. The van der Waals surface area contributed by atoms with Crippen molar-refractivity contribution in [2.75, 3.05) is 7.05 Å². The van der Waals surface area contributed by atoms with Gasteiger partial charge in [-0.2, -0.15) is 0 Å². The van der Waals surface area contributed by atoms with Crippen LogP contribution in [-0.4, -0.2) is 33.8 Å². The normalized spacial score (nSPS) is 21.1. The zero-order valence-electron chi connectivity index (χ0n) is 12.1. The number of amides is 1. The van der Waals surface area contributed by atoms with Crippen LogP contribution in [0.1, 0.15) is 12.5 Å². The van der Waals surface area contributed by atoms with Gasteiger partial charge in [0.2, 0.25) is 0 Å². The van der Waals surface area contributed by atoms with Crippen molar-refractivity contribution in [3.8, 4) is 11.1 Å². The summed E-state index contributed by atoms with van der Waals surface area (Å²) in [6, 6.07) is 3.65. The standard InChI is InChI=1S/C15H14ClN5O/c1-15(13(22)21(2)14(17)20-15)11-3-9(5-18-7-11)10-4-12(16)8-19-6-10/h3-8H,1-2H3,(H2,17,20). The van der Waals surface area contributed by atoms with Gasteiger partial charge in [-0.3, -0.25) is 25.1 Å². The molecule has 0 saturated carbocycles. The van der Waals surface area contributed by atoms with Crippen LogP contribution in [0.3, 0.4) is 0 Å². The summed E-state index contributed by atoms with van der Waals surface area (Å²) in [5, 5.41) is 11.2. The first-order valence-electron chi connectivity index (χ1n) is 6.63. The summed E-state index contributed by atoms with van der Waals surface area (Å²) in [6.45, 7) is 1.74. The Bertz CT molecular complexity index is 778. The minimum Gasteiger partial charge on any atom is -0.338 e. The molecule has 1 amide bonds. The second-order valence-electron chi connectivity index (χ2n) is 5.32. The van der Waals surface area contributed by atoms with Gasteiger partial charge in [0, 0.05) is 48.5 Å². The highest BCUT2D eigenvalue weighted by atomic mass is 35.5. The Hall–Kier alpha value is -2.47. The van der Waals surface area contributed by atoms with E-state index in [4.69, 9.17) is 17.0 Å². The number of likely N-dealkylation sites (N-methyl/N-ethyl adjacent to an activating group) is 1. The Kier molecular flexibility index (Phi) is 3.33. The molecule has 1 atom stereocenters. The van der Waals surface area contributed by atoms with E-state index in [0.717, 1.165) is 11.1 Å². The molecular formula is C15H14ClN5O. The highest BCUT2D eigenvalue weighted by Crippen LogP contribution is 2.30. The van der Waals surface area contributed by atoms with Crippen LogP contribution in [0, 0.1) is 5.41 Å². The summed E-state index contributed by atoms with van der Waals surface area (Å²) in [6.07, 6.45) is 6.56. The van der Waals surface area contributed by atoms with Crippen molar-refractivity contribution in [3.05, 3.63) is 47.5 Å². The second kappa shape index (κ2) is 5.06. The Labute approximate surface area is 132 Å². The van der Waals surface area contributed by atoms with Gasteiger partial charge in [0.1, 0.15) is 5.54 Å². The number of hydrogen-bond acceptors (Lipinski definition) is 4. The van der Waals surface area contributed by atoms with Gasteiger partial charge in [-0.05, 0) is 19.1 Å². The molecular weight excluding hydrogens is 302 g/mol. The first kappa shape index (κ1) is 14.5. The molecule has 112 valence electrons. The van der Waals surface area contributed by atoms with Crippen molar-refractivity contribution in [1.82, 2.24) is 20.2 Å². The van der Waals surface area contributed by atoms with Gasteiger partial charge in [-0.25, -0.2) is 0 Å². The monoisotopic (exact) mass is 315 g/mol. The summed E-state index contributed by atoms with van der Waals surface area (Å²) in [4.78, 5) is 22.0. The third-order valence-electron chi connectivity index (χ3n) is 3.79. The minimum absolute atomic E-state index is 0.0716. The fourth-order valence-corrected chi connectivity index (χ4v) is 2.62. The van der Waals surface area contributed by atoms with E-state index in [9.17, 15) is 4.79 Å². The molecule has 0 aromatic carbocycles. The number of carbonyl (C=O) groups is 1. The zero-order valence-corrected chi connectivity index (χ0v) is 12.8.